The number of hydrogen-bond acceptors (Lipinski definition) is 3. The van der Waals surface area contributed by atoms with Gasteiger partial charge in [0.15, 0.2) is 0 Å². The van der Waals surface area contributed by atoms with Crippen molar-refractivity contribution in [2.24, 2.45) is 5.92 Å². The van der Waals surface area contributed by atoms with Crippen molar-refractivity contribution in [2.45, 2.75) is 38.1 Å². The first-order valence-electron chi connectivity index (χ1n) is 6.59. The van der Waals surface area contributed by atoms with Crippen LogP contribution in [0.3, 0.4) is 0 Å². The Hall–Kier alpha value is -1.98. The van der Waals surface area contributed by atoms with E-state index in [0.717, 1.165) is 25.1 Å². The summed E-state index contributed by atoms with van der Waals surface area (Å²) in [5.74, 6) is -2.50. The maximum atomic E-state index is 12.8. The molecule has 108 valence electrons. The van der Waals surface area contributed by atoms with Crippen LogP contribution in [0.1, 0.15) is 43.1 Å². The zero-order valence-corrected chi connectivity index (χ0v) is 11.2. The van der Waals surface area contributed by atoms with Crippen LogP contribution in [0, 0.1) is 11.7 Å². The molecule has 2 atom stereocenters. The van der Waals surface area contributed by atoms with Gasteiger partial charge in [-0.05, 0) is 31.9 Å². The number of aromatic nitrogens is 1. The van der Waals surface area contributed by atoms with Crippen LogP contribution in [-0.4, -0.2) is 27.5 Å². The number of carboxylic acid groups (broad SMARTS) is 1. The number of aliphatic carboxylic acids is 1. The molecule has 1 aliphatic carbocycles. The van der Waals surface area contributed by atoms with Crippen molar-refractivity contribution < 1.29 is 19.1 Å². The van der Waals surface area contributed by atoms with Crippen LogP contribution < -0.4 is 5.32 Å². The number of carbonyl (C=O) groups excluding carboxylic acids is 1. The first-order valence-corrected chi connectivity index (χ1v) is 6.59. The Labute approximate surface area is 116 Å². The summed E-state index contributed by atoms with van der Waals surface area (Å²) in [5, 5.41) is 12.0. The lowest BCUT2D eigenvalue weighted by Gasteiger charge is -2.39. The standard InChI is InChI=1S/C14H17FN2O3/c1-14(7-3-2-4-10(14)13(19)20)17-12(18)11-6-5-9(15)8-16-11/h5-6,8,10H,2-4,7H2,1H3,(H,17,18)(H,19,20). The molecular weight excluding hydrogens is 263 g/mol. The van der Waals surface area contributed by atoms with E-state index in [1.807, 2.05) is 0 Å². The molecule has 0 radical (unpaired) electrons. The molecular formula is C14H17FN2O3. The Morgan fingerprint density at radius 2 is 2.20 bits per heavy atom. The van der Waals surface area contributed by atoms with Gasteiger partial charge >= 0.3 is 5.97 Å². The fourth-order valence-electron chi connectivity index (χ4n) is 2.71. The van der Waals surface area contributed by atoms with Gasteiger partial charge < -0.3 is 10.4 Å². The summed E-state index contributed by atoms with van der Waals surface area (Å²) in [6, 6.07) is 2.44. The number of carbonyl (C=O) groups is 2. The van der Waals surface area contributed by atoms with Crippen molar-refractivity contribution in [3.8, 4) is 0 Å². The number of rotatable bonds is 3. The summed E-state index contributed by atoms with van der Waals surface area (Å²) in [4.78, 5) is 27.1. The normalized spacial score (nSPS) is 26.0. The molecule has 0 bridgehead atoms. The predicted octanol–water partition coefficient (Wildman–Crippen LogP) is 1.98. The third kappa shape index (κ3) is 2.95. The fraction of sp³-hybridized carbons (Fsp3) is 0.500. The molecule has 1 amide bonds. The Morgan fingerprint density at radius 3 is 2.80 bits per heavy atom. The van der Waals surface area contributed by atoms with Gasteiger partial charge in [0, 0.05) is 0 Å². The second kappa shape index (κ2) is 5.56. The number of halogens is 1. The highest BCUT2D eigenvalue weighted by Crippen LogP contribution is 2.34. The van der Waals surface area contributed by atoms with Gasteiger partial charge in [0.25, 0.3) is 5.91 Å². The Bertz CT molecular complexity index is 518. The van der Waals surface area contributed by atoms with Crippen LogP contribution in [0.4, 0.5) is 4.39 Å². The molecule has 1 aromatic rings. The minimum absolute atomic E-state index is 0.0855. The van der Waals surface area contributed by atoms with E-state index in [4.69, 9.17) is 0 Å². The Kier molecular flexibility index (Phi) is 4.01. The van der Waals surface area contributed by atoms with Crippen LogP contribution in [0.25, 0.3) is 0 Å². The number of carboxylic acids is 1. The van der Waals surface area contributed by atoms with Gasteiger partial charge in [0.05, 0.1) is 17.7 Å². The summed E-state index contributed by atoms with van der Waals surface area (Å²) in [6.45, 7) is 1.74. The second-order valence-electron chi connectivity index (χ2n) is 5.37. The number of pyridine rings is 1. The minimum atomic E-state index is -0.903. The molecule has 0 aromatic carbocycles. The van der Waals surface area contributed by atoms with Crippen molar-refractivity contribution in [1.82, 2.24) is 10.3 Å². The maximum absolute atomic E-state index is 12.8. The average molecular weight is 280 g/mol. The van der Waals surface area contributed by atoms with E-state index in [-0.39, 0.29) is 5.69 Å². The first kappa shape index (κ1) is 14.4. The zero-order valence-electron chi connectivity index (χ0n) is 11.2. The fourth-order valence-corrected chi connectivity index (χ4v) is 2.71. The number of nitrogens with one attached hydrogen (secondary N) is 1. The molecule has 1 fully saturated rings. The molecule has 1 heterocycles. The van der Waals surface area contributed by atoms with Crippen molar-refractivity contribution in [2.75, 3.05) is 0 Å². The number of nitrogens with zero attached hydrogens (tertiary/aromatic N) is 1. The van der Waals surface area contributed by atoms with Crippen molar-refractivity contribution in [3.63, 3.8) is 0 Å². The highest BCUT2D eigenvalue weighted by molar-refractivity contribution is 5.93. The van der Waals surface area contributed by atoms with Crippen LogP contribution in [-0.2, 0) is 4.79 Å². The van der Waals surface area contributed by atoms with Crippen LogP contribution in [0.2, 0.25) is 0 Å². The summed E-state index contributed by atoms with van der Waals surface area (Å²) in [6.07, 6.45) is 3.83. The molecule has 1 aliphatic rings. The molecule has 6 heteroatoms. The molecule has 0 saturated heterocycles. The molecule has 0 aliphatic heterocycles. The lowest BCUT2D eigenvalue weighted by atomic mass is 9.74. The van der Waals surface area contributed by atoms with Crippen LogP contribution >= 0.6 is 0 Å². The molecule has 5 nitrogen and oxygen atoms in total. The van der Waals surface area contributed by atoms with Crippen molar-refractivity contribution in [3.05, 3.63) is 29.8 Å². The summed E-state index contributed by atoms with van der Waals surface area (Å²) in [5.41, 5.74) is -0.709. The van der Waals surface area contributed by atoms with Crippen molar-refractivity contribution in [1.29, 1.82) is 0 Å². The Morgan fingerprint density at radius 1 is 1.45 bits per heavy atom. The molecule has 2 N–H and O–H groups in total. The van der Waals surface area contributed by atoms with E-state index >= 15 is 0 Å². The summed E-state index contributed by atoms with van der Waals surface area (Å²) in [7, 11) is 0. The number of amides is 1. The average Bonchev–Trinajstić information content (AvgIpc) is 2.39. The van der Waals surface area contributed by atoms with E-state index in [2.05, 4.69) is 10.3 Å². The SMILES string of the molecule is CC1(NC(=O)c2ccc(F)cn2)CCCCC1C(=O)O. The number of hydrogen-bond donors (Lipinski definition) is 2. The van der Waals surface area contributed by atoms with Gasteiger partial charge in [0.1, 0.15) is 11.5 Å². The smallest absolute Gasteiger partial charge is 0.308 e. The van der Waals surface area contributed by atoms with E-state index in [9.17, 15) is 19.1 Å². The summed E-state index contributed by atoms with van der Waals surface area (Å²) < 4.78 is 12.8. The molecule has 1 aromatic heterocycles. The van der Waals surface area contributed by atoms with Crippen molar-refractivity contribution >= 4 is 11.9 Å². The van der Waals surface area contributed by atoms with Gasteiger partial charge in [-0.3, -0.25) is 9.59 Å². The van der Waals surface area contributed by atoms with E-state index in [1.165, 1.54) is 6.07 Å². The molecule has 2 unspecified atom stereocenters. The Balaban J connectivity index is 2.15. The molecule has 0 spiro atoms. The van der Waals surface area contributed by atoms with E-state index < -0.39 is 29.2 Å². The maximum Gasteiger partial charge on any atom is 0.308 e. The van der Waals surface area contributed by atoms with Gasteiger partial charge in [-0.15, -0.1) is 0 Å². The van der Waals surface area contributed by atoms with Crippen LogP contribution in [0.5, 0.6) is 0 Å². The summed E-state index contributed by atoms with van der Waals surface area (Å²) >= 11 is 0. The van der Waals surface area contributed by atoms with Gasteiger partial charge in [-0.1, -0.05) is 12.8 Å². The van der Waals surface area contributed by atoms with Gasteiger partial charge in [-0.2, -0.15) is 0 Å². The first-order chi connectivity index (χ1) is 9.42. The van der Waals surface area contributed by atoms with Gasteiger partial charge in [0.2, 0.25) is 0 Å². The topological polar surface area (TPSA) is 79.3 Å². The van der Waals surface area contributed by atoms with Crippen LogP contribution in [0.15, 0.2) is 18.3 Å². The zero-order chi connectivity index (χ0) is 14.8. The lowest BCUT2D eigenvalue weighted by Crippen LogP contribution is -2.55. The monoisotopic (exact) mass is 280 g/mol. The third-order valence-electron chi connectivity index (χ3n) is 3.87. The minimum Gasteiger partial charge on any atom is -0.481 e. The third-order valence-corrected chi connectivity index (χ3v) is 3.87. The predicted molar refractivity (Wildman–Crippen MR) is 69.7 cm³/mol. The van der Waals surface area contributed by atoms with Gasteiger partial charge in [-0.25, -0.2) is 9.37 Å². The van der Waals surface area contributed by atoms with E-state index in [0.29, 0.717) is 12.8 Å². The lowest BCUT2D eigenvalue weighted by molar-refractivity contribution is -0.145. The largest absolute Gasteiger partial charge is 0.481 e. The highest BCUT2D eigenvalue weighted by Gasteiger charge is 2.42. The van der Waals surface area contributed by atoms with E-state index in [1.54, 1.807) is 6.92 Å². The quantitative estimate of drug-likeness (QED) is 0.887. The molecule has 2 rings (SSSR count). The molecule has 20 heavy (non-hydrogen) atoms. The second-order valence-corrected chi connectivity index (χ2v) is 5.37. The highest BCUT2D eigenvalue weighted by atomic mass is 19.1. The molecule has 1 saturated carbocycles.